The number of nitrogens with two attached hydrogens (primary N) is 1. The lowest BCUT2D eigenvalue weighted by Gasteiger charge is -2.44. The largest absolute Gasteiger partial charge is 0.484 e. The van der Waals surface area contributed by atoms with E-state index in [4.69, 9.17) is 33.7 Å². The van der Waals surface area contributed by atoms with E-state index in [9.17, 15) is 8.42 Å². The van der Waals surface area contributed by atoms with E-state index in [0.717, 1.165) is 56.3 Å². The van der Waals surface area contributed by atoms with Gasteiger partial charge in [0.05, 0.1) is 10.9 Å². The van der Waals surface area contributed by atoms with Gasteiger partial charge in [-0.05, 0) is 74.2 Å². The molecule has 0 saturated carbocycles. The van der Waals surface area contributed by atoms with Crippen molar-refractivity contribution in [2.75, 3.05) is 19.3 Å². The summed E-state index contributed by atoms with van der Waals surface area (Å²) in [5, 5.41) is 1.23. The van der Waals surface area contributed by atoms with Gasteiger partial charge in [-0.3, -0.25) is 4.90 Å². The van der Waals surface area contributed by atoms with Crippen molar-refractivity contribution >= 4 is 33.0 Å². The molecule has 1 aliphatic heterocycles. The molecule has 2 aromatic rings. The van der Waals surface area contributed by atoms with E-state index in [1.54, 1.807) is 30.3 Å². The molecule has 1 unspecified atom stereocenters. The molecule has 0 aromatic heterocycles. The van der Waals surface area contributed by atoms with Crippen LogP contribution in [0.5, 0.6) is 5.75 Å². The van der Waals surface area contributed by atoms with Gasteiger partial charge in [0.25, 0.3) is 0 Å². The summed E-state index contributed by atoms with van der Waals surface area (Å²) in [7, 11) is -3.27. The Morgan fingerprint density at radius 1 is 1.22 bits per heavy atom. The molecule has 5 nitrogen and oxygen atoms in total. The first kappa shape index (κ1) is 23.8. The predicted molar refractivity (Wildman–Crippen MR) is 130 cm³/mol. The van der Waals surface area contributed by atoms with E-state index in [-0.39, 0.29) is 22.6 Å². The Morgan fingerprint density at radius 3 is 2.59 bits per heavy atom. The number of nitrogens with zero attached hydrogens (tertiary/aromatic N) is 1. The fourth-order valence-electron chi connectivity index (χ4n) is 5.17. The van der Waals surface area contributed by atoms with Crippen molar-refractivity contribution in [3.05, 3.63) is 57.6 Å². The molecule has 0 spiro atoms. The molecule has 1 fully saturated rings. The molecule has 0 amide bonds. The Hall–Kier alpha value is -1.31. The van der Waals surface area contributed by atoms with Crippen LogP contribution in [-0.2, 0) is 16.3 Å². The Kier molecular flexibility index (Phi) is 6.81. The van der Waals surface area contributed by atoms with Gasteiger partial charge in [-0.2, -0.15) is 0 Å². The maximum Gasteiger partial charge on any atom is 0.175 e. The smallest absolute Gasteiger partial charge is 0.175 e. The maximum atomic E-state index is 11.8. The third-order valence-electron chi connectivity index (χ3n) is 6.63. The van der Waals surface area contributed by atoms with Crippen LogP contribution in [0.3, 0.4) is 0 Å². The summed E-state index contributed by atoms with van der Waals surface area (Å²) in [6.45, 7) is 3.95. The van der Waals surface area contributed by atoms with Gasteiger partial charge in [0.2, 0.25) is 0 Å². The quantitative estimate of drug-likeness (QED) is 0.606. The van der Waals surface area contributed by atoms with E-state index < -0.39 is 9.84 Å². The molecule has 1 heterocycles. The molecule has 8 heteroatoms. The highest BCUT2D eigenvalue weighted by atomic mass is 35.5. The van der Waals surface area contributed by atoms with Crippen LogP contribution in [0.25, 0.3) is 0 Å². The third-order valence-corrected chi connectivity index (χ3v) is 8.32. The number of halogens is 2. The number of hydrogen-bond acceptors (Lipinski definition) is 5. The molecular formula is C24H30Cl2N2O3S. The Morgan fingerprint density at radius 2 is 1.94 bits per heavy atom. The highest BCUT2D eigenvalue weighted by molar-refractivity contribution is 7.90. The van der Waals surface area contributed by atoms with Gasteiger partial charge in [0.1, 0.15) is 11.9 Å². The minimum Gasteiger partial charge on any atom is -0.484 e. The number of rotatable bonds is 6. The summed E-state index contributed by atoms with van der Waals surface area (Å²) in [5.74, 6) is 0.612. The van der Waals surface area contributed by atoms with Crippen LogP contribution in [0.2, 0.25) is 10.0 Å². The molecule has 4 rings (SSSR count). The van der Waals surface area contributed by atoms with Gasteiger partial charge >= 0.3 is 0 Å². The molecule has 1 aliphatic carbocycles. The zero-order valence-electron chi connectivity index (χ0n) is 18.5. The molecule has 2 N–H and O–H groups in total. The summed E-state index contributed by atoms with van der Waals surface area (Å²) in [6, 6.07) is 10.4. The summed E-state index contributed by atoms with van der Waals surface area (Å²) in [4.78, 5) is 2.71. The van der Waals surface area contributed by atoms with Gasteiger partial charge in [-0.15, -0.1) is 0 Å². The standard InChI is InChI=1S/C24H30Cl2N2O3S/c1-3-9-24(27)10-4-11-28(15-24)22-14-19-20(12-16(25)13-21(19)26)23(22)31-17-5-7-18(8-6-17)32(2,29)30/h5-8,12-13,22-23H,3-4,9-11,14-15,27H2,1-2H3/t22-,23+,24?/m0/s1. The number of piperidine rings is 1. The summed E-state index contributed by atoms with van der Waals surface area (Å²) in [5.41, 5.74) is 8.61. The van der Waals surface area contributed by atoms with Crippen molar-refractivity contribution in [1.29, 1.82) is 0 Å². The monoisotopic (exact) mass is 496 g/mol. The van der Waals surface area contributed by atoms with E-state index in [0.29, 0.717) is 15.8 Å². The van der Waals surface area contributed by atoms with Gasteiger partial charge in [-0.1, -0.05) is 36.5 Å². The van der Waals surface area contributed by atoms with Crippen LogP contribution in [0.1, 0.15) is 49.8 Å². The lowest BCUT2D eigenvalue weighted by molar-refractivity contribution is 0.0371. The van der Waals surface area contributed by atoms with Crippen molar-refractivity contribution in [2.45, 2.75) is 61.6 Å². The lowest BCUT2D eigenvalue weighted by Crippen LogP contribution is -2.57. The predicted octanol–water partition coefficient (Wildman–Crippen LogP) is 5.04. The fourth-order valence-corrected chi connectivity index (χ4v) is 6.39. The minimum absolute atomic E-state index is 0.0793. The normalized spacial score (nSPS) is 26.2. The van der Waals surface area contributed by atoms with E-state index >= 15 is 0 Å². The van der Waals surface area contributed by atoms with Crippen LogP contribution in [0.15, 0.2) is 41.3 Å². The van der Waals surface area contributed by atoms with Crippen molar-refractivity contribution in [2.24, 2.45) is 5.73 Å². The molecule has 3 atom stereocenters. The van der Waals surface area contributed by atoms with E-state index in [1.165, 1.54) is 6.26 Å². The highest BCUT2D eigenvalue weighted by Gasteiger charge is 2.43. The molecule has 0 radical (unpaired) electrons. The minimum atomic E-state index is -3.27. The lowest BCUT2D eigenvalue weighted by atomic mass is 9.85. The number of benzene rings is 2. The molecular weight excluding hydrogens is 467 g/mol. The maximum absolute atomic E-state index is 11.8. The van der Waals surface area contributed by atoms with Gasteiger partial charge in [-0.25, -0.2) is 8.42 Å². The van der Waals surface area contributed by atoms with E-state index in [1.807, 2.05) is 6.07 Å². The number of likely N-dealkylation sites (tertiary alicyclic amines) is 1. The fraction of sp³-hybridized carbons (Fsp3) is 0.500. The van der Waals surface area contributed by atoms with Gasteiger partial charge in [0.15, 0.2) is 9.84 Å². The second-order valence-electron chi connectivity index (χ2n) is 9.20. The van der Waals surface area contributed by atoms with Gasteiger partial charge in [0, 0.05) is 33.9 Å². The average Bonchev–Trinajstić information content (AvgIpc) is 3.06. The first-order valence-electron chi connectivity index (χ1n) is 11.1. The van der Waals surface area contributed by atoms with Crippen molar-refractivity contribution in [3.8, 4) is 5.75 Å². The van der Waals surface area contributed by atoms with Crippen LogP contribution >= 0.6 is 23.2 Å². The molecule has 32 heavy (non-hydrogen) atoms. The van der Waals surface area contributed by atoms with Crippen LogP contribution in [0.4, 0.5) is 0 Å². The zero-order valence-corrected chi connectivity index (χ0v) is 20.8. The van der Waals surface area contributed by atoms with Crippen LogP contribution in [-0.4, -0.2) is 44.2 Å². The van der Waals surface area contributed by atoms with Crippen LogP contribution < -0.4 is 10.5 Å². The second-order valence-corrected chi connectivity index (χ2v) is 12.1. The average molecular weight is 497 g/mol. The molecule has 2 aromatic carbocycles. The molecule has 174 valence electrons. The molecule has 1 saturated heterocycles. The summed E-state index contributed by atoms with van der Waals surface area (Å²) >= 11 is 12.9. The summed E-state index contributed by atoms with van der Waals surface area (Å²) in [6.07, 6.45) is 5.82. The number of fused-ring (bicyclic) bond motifs is 1. The molecule has 2 aliphatic rings. The first-order valence-corrected chi connectivity index (χ1v) is 13.7. The van der Waals surface area contributed by atoms with Crippen molar-refractivity contribution in [1.82, 2.24) is 4.90 Å². The van der Waals surface area contributed by atoms with Crippen molar-refractivity contribution in [3.63, 3.8) is 0 Å². The number of hydrogen-bond donors (Lipinski definition) is 1. The molecule has 0 bridgehead atoms. The number of sulfone groups is 1. The highest BCUT2D eigenvalue weighted by Crippen LogP contribution is 2.44. The van der Waals surface area contributed by atoms with Crippen LogP contribution in [0, 0.1) is 0 Å². The number of ether oxygens (including phenoxy) is 1. The Bertz CT molecular complexity index is 1090. The zero-order chi connectivity index (χ0) is 23.1. The topological polar surface area (TPSA) is 72.6 Å². The second kappa shape index (κ2) is 9.15. The SMILES string of the molecule is CCCC1(N)CCCN([C@H]2Cc3c(Cl)cc(Cl)cc3[C@H]2Oc2ccc(S(C)(=O)=O)cc2)C1. The first-order chi connectivity index (χ1) is 15.1. The third kappa shape index (κ3) is 4.95. The van der Waals surface area contributed by atoms with E-state index in [2.05, 4.69) is 11.8 Å². The van der Waals surface area contributed by atoms with Crippen molar-refractivity contribution < 1.29 is 13.2 Å². The summed E-state index contributed by atoms with van der Waals surface area (Å²) < 4.78 is 30.1. The Labute approximate surface area is 200 Å². The Balaban J connectivity index is 1.66. The van der Waals surface area contributed by atoms with Gasteiger partial charge < -0.3 is 10.5 Å².